The van der Waals surface area contributed by atoms with Gasteiger partial charge in [0.2, 0.25) is 5.91 Å². The monoisotopic (exact) mass is 486 g/mol. The number of amides is 1. The second-order valence-corrected chi connectivity index (χ2v) is 9.98. The van der Waals surface area contributed by atoms with Crippen molar-refractivity contribution in [3.63, 3.8) is 0 Å². The lowest BCUT2D eigenvalue weighted by molar-refractivity contribution is -0.121. The lowest BCUT2D eigenvalue weighted by atomic mass is 9.96. The van der Waals surface area contributed by atoms with Crippen molar-refractivity contribution in [1.29, 1.82) is 0 Å². The van der Waals surface area contributed by atoms with Crippen LogP contribution in [0.5, 0.6) is 0 Å². The van der Waals surface area contributed by atoms with Gasteiger partial charge in [0.15, 0.2) is 0 Å². The molecular formula is C29H31ClN4O. The number of likely N-dealkylation sites (tertiary alicyclic amines) is 1. The molecule has 1 fully saturated rings. The number of hydrogen-bond donors (Lipinski definition) is 1. The molecule has 180 valence electrons. The van der Waals surface area contributed by atoms with Gasteiger partial charge in [-0.05, 0) is 80.3 Å². The quantitative estimate of drug-likeness (QED) is 0.352. The zero-order valence-corrected chi connectivity index (χ0v) is 21.1. The fourth-order valence-electron chi connectivity index (χ4n) is 4.93. The highest BCUT2D eigenvalue weighted by atomic mass is 35.5. The van der Waals surface area contributed by atoms with Crippen LogP contribution < -0.4 is 5.32 Å². The van der Waals surface area contributed by atoms with E-state index in [0.717, 1.165) is 72.2 Å². The first-order valence-electron chi connectivity index (χ1n) is 12.3. The lowest BCUT2D eigenvalue weighted by Gasteiger charge is -2.32. The van der Waals surface area contributed by atoms with E-state index in [-0.39, 0.29) is 11.8 Å². The Hall–Kier alpha value is -3.15. The summed E-state index contributed by atoms with van der Waals surface area (Å²) in [6, 6.07) is 22.3. The van der Waals surface area contributed by atoms with Gasteiger partial charge in [0, 0.05) is 23.8 Å². The number of aromatic nitrogens is 2. The Kier molecular flexibility index (Phi) is 6.89. The number of rotatable bonds is 6. The minimum absolute atomic E-state index is 0.0299. The molecule has 1 N–H and O–H groups in total. The van der Waals surface area contributed by atoms with E-state index in [1.54, 1.807) is 0 Å². The first-order valence-corrected chi connectivity index (χ1v) is 12.6. The molecule has 1 aromatic heterocycles. The van der Waals surface area contributed by atoms with Crippen LogP contribution in [0, 0.1) is 19.8 Å². The number of benzene rings is 3. The molecule has 5 rings (SSSR count). The summed E-state index contributed by atoms with van der Waals surface area (Å²) in [5, 5.41) is 3.92. The first-order chi connectivity index (χ1) is 17.0. The lowest BCUT2D eigenvalue weighted by Crippen LogP contribution is -2.40. The maximum absolute atomic E-state index is 13.1. The molecule has 5 nitrogen and oxygen atoms in total. The van der Waals surface area contributed by atoms with E-state index in [1.165, 1.54) is 11.1 Å². The number of nitrogens with one attached hydrogen (secondary N) is 1. The van der Waals surface area contributed by atoms with E-state index in [1.807, 2.05) is 30.3 Å². The number of fused-ring (bicyclic) bond motifs is 1. The predicted molar refractivity (Wildman–Crippen MR) is 143 cm³/mol. The van der Waals surface area contributed by atoms with E-state index < -0.39 is 0 Å². The second kappa shape index (κ2) is 10.2. The molecule has 0 saturated carbocycles. The average molecular weight is 487 g/mol. The summed E-state index contributed by atoms with van der Waals surface area (Å²) in [5.41, 5.74) is 6.54. The Labute approximate surface area is 211 Å². The van der Waals surface area contributed by atoms with E-state index in [0.29, 0.717) is 0 Å². The van der Waals surface area contributed by atoms with Crippen LogP contribution in [0.1, 0.15) is 35.4 Å². The van der Waals surface area contributed by atoms with Crippen LogP contribution >= 0.6 is 11.6 Å². The van der Waals surface area contributed by atoms with E-state index >= 15 is 0 Å². The minimum atomic E-state index is -0.0299. The maximum atomic E-state index is 13.1. The maximum Gasteiger partial charge on any atom is 0.228 e. The van der Waals surface area contributed by atoms with E-state index in [2.05, 4.69) is 65.0 Å². The molecule has 1 amide bonds. The molecule has 0 radical (unpaired) electrons. The standard InChI is InChI=1S/C29H31ClN4O/c1-20-7-5-10-25(21(20)2)32-29(35)23-8-6-16-33(18-23)19-28-31-26-9-3-4-11-27(26)34(28)17-22-12-14-24(30)15-13-22/h3-5,7,9-15,23H,6,8,16-19H2,1-2H3,(H,32,35)/t23-/m0/s1. The number of carbonyl (C=O) groups is 1. The molecule has 6 heteroatoms. The SMILES string of the molecule is Cc1cccc(NC(=O)[C@H]2CCCN(Cc3nc4ccccc4n3Cc3ccc(Cl)cc3)C2)c1C. The Balaban J connectivity index is 1.33. The Morgan fingerprint density at radius 2 is 1.83 bits per heavy atom. The molecule has 1 saturated heterocycles. The third kappa shape index (κ3) is 5.26. The summed E-state index contributed by atoms with van der Waals surface area (Å²) in [5.74, 6) is 1.10. The largest absolute Gasteiger partial charge is 0.326 e. The van der Waals surface area contributed by atoms with Gasteiger partial charge in [0.1, 0.15) is 5.82 Å². The summed E-state index contributed by atoms with van der Waals surface area (Å²) in [4.78, 5) is 20.5. The van der Waals surface area contributed by atoms with Gasteiger partial charge >= 0.3 is 0 Å². The smallest absolute Gasteiger partial charge is 0.228 e. The highest BCUT2D eigenvalue weighted by Crippen LogP contribution is 2.25. The summed E-state index contributed by atoms with van der Waals surface area (Å²) >= 11 is 6.10. The van der Waals surface area contributed by atoms with Crippen molar-refractivity contribution < 1.29 is 4.79 Å². The van der Waals surface area contributed by atoms with Gasteiger partial charge in [-0.15, -0.1) is 0 Å². The first kappa shape index (κ1) is 23.6. The van der Waals surface area contributed by atoms with Crippen LogP contribution in [-0.4, -0.2) is 33.4 Å². The van der Waals surface area contributed by atoms with Gasteiger partial charge in [0.05, 0.1) is 23.5 Å². The van der Waals surface area contributed by atoms with Crippen molar-refractivity contribution >= 4 is 34.2 Å². The molecule has 0 spiro atoms. The molecule has 1 aliphatic heterocycles. The molecule has 0 bridgehead atoms. The highest BCUT2D eigenvalue weighted by Gasteiger charge is 2.27. The molecule has 3 aromatic carbocycles. The number of hydrogen-bond acceptors (Lipinski definition) is 3. The molecule has 4 aromatic rings. The normalized spacial score (nSPS) is 16.5. The number of anilines is 1. The Morgan fingerprint density at radius 1 is 1.03 bits per heavy atom. The topological polar surface area (TPSA) is 50.2 Å². The number of carbonyl (C=O) groups excluding carboxylic acids is 1. The number of imidazole rings is 1. The number of halogens is 1. The van der Waals surface area contributed by atoms with Gasteiger partial charge in [0.25, 0.3) is 0 Å². The van der Waals surface area contributed by atoms with Crippen LogP contribution in [0.25, 0.3) is 11.0 Å². The molecule has 0 aliphatic carbocycles. The van der Waals surface area contributed by atoms with Crippen LogP contribution in [0.15, 0.2) is 66.7 Å². The fourth-order valence-corrected chi connectivity index (χ4v) is 5.06. The van der Waals surface area contributed by atoms with E-state index in [9.17, 15) is 4.79 Å². The number of aryl methyl sites for hydroxylation is 1. The van der Waals surface area contributed by atoms with Crippen LogP contribution in [0.3, 0.4) is 0 Å². The van der Waals surface area contributed by atoms with Crippen LogP contribution in [0.4, 0.5) is 5.69 Å². The fraction of sp³-hybridized carbons (Fsp3) is 0.310. The van der Waals surface area contributed by atoms with E-state index in [4.69, 9.17) is 16.6 Å². The molecule has 2 heterocycles. The number of para-hydroxylation sites is 2. The summed E-state index contributed by atoms with van der Waals surface area (Å²) in [7, 11) is 0. The second-order valence-electron chi connectivity index (χ2n) is 9.54. The average Bonchev–Trinajstić information content (AvgIpc) is 3.20. The van der Waals surface area contributed by atoms with Crippen LogP contribution in [-0.2, 0) is 17.9 Å². The zero-order chi connectivity index (χ0) is 24.4. The molecule has 0 unspecified atom stereocenters. The van der Waals surface area contributed by atoms with Crippen LogP contribution in [0.2, 0.25) is 5.02 Å². The van der Waals surface area contributed by atoms with Gasteiger partial charge < -0.3 is 9.88 Å². The van der Waals surface area contributed by atoms with Crippen molar-refractivity contribution in [2.24, 2.45) is 5.92 Å². The third-order valence-electron chi connectivity index (χ3n) is 7.09. The Bertz CT molecular complexity index is 1340. The van der Waals surface area contributed by atoms with Crippen molar-refractivity contribution in [2.45, 2.75) is 39.8 Å². The van der Waals surface area contributed by atoms with Crippen molar-refractivity contribution in [3.8, 4) is 0 Å². The van der Waals surface area contributed by atoms with Gasteiger partial charge in [-0.3, -0.25) is 9.69 Å². The molecule has 1 aliphatic rings. The summed E-state index contributed by atoms with van der Waals surface area (Å²) in [6.45, 7) is 7.29. The molecule has 1 atom stereocenters. The summed E-state index contributed by atoms with van der Waals surface area (Å²) < 4.78 is 2.29. The van der Waals surface area contributed by atoms with Gasteiger partial charge in [-0.1, -0.05) is 48.0 Å². The zero-order valence-electron chi connectivity index (χ0n) is 20.3. The molecular weight excluding hydrogens is 456 g/mol. The van der Waals surface area contributed by atoms with Crippen molar-refractivity contribution in [1.82, 2.24) is 14.5 Å². The summed E-state index contributed by atoms with van der Waals surface area (Å²) in [6.07, 6.45) is 1.91. The van der Waals surface area contributed by atoms with Gasteiger partial charge in [-0.25, -0.2) is 4.98 Å². The predicted octanol–water partition coefficient (Wildman–Crippen LogP) is 6.21. The van der Waals surface area contributed by atoms with Crippen molar-refractivity contribution in [3.05, 3.63) is 94.3 Å². The number of piperidine rings is 1. The third-order valence-corrected chi connectivity index (χ3v) is 7.34. The van der Waals surface area contributed by atoms with Gasteiger partial charge in [-0.2, -0.15) is 0 Å². The Morgan fingerprint density at radius 3 is 2.66 bits per heavy atom. The number of nitrogens with zero attached hydrogens (tertiary/aromatic N) is 3. The van der Waals surface area contributed by atoms with Crippen molar-refractivity contribution in [2.75, 3.05) is 18.4 Å². The highest BCUT2D eigenvalue weighted by molar-refractivity contribution is 6.30. The minimum Gasteiger partial charge on any atom is -0.326 e. The molecule has 35 heavy (non-hydrogen) atoms.